The molecular formula is C10H16N2OS. The van der Waals surface area contributed by atoms with Crippen molar-refractivity contribution in [2.75, 3.05) is 0 Å². The summed E-state index contributed by atoms with van der Waals surface area (Å²) in [7, 11) is 0. The Balaban J connectivity index is 2.03. The monoisotopic (exact) mass is 212 g/mol. The van der Waals surface area contributed by atoms with E-state index in [-0.39, 0.29) is 6.04 Å². The standard InChI is InChI=1S/C10H16N2OS/c1-7-6-14-9(12-7)5-10(13)3-2-8(11)4-10/h6,8,13H,2-5,11H2,1H3. The van der Waals surface area contributed by atoms with Gasteiger partial charge in [-0.3, -0.25) is 0 Å². The second-order valence-electron chi connectivity index (χ2n) is 4.29. The zero-order valence-electron chi connectivity index (χ0n) is 8.36. The van der Waals surface area contributed by atoms with Crippen molar-refractivity contribution in [1.29, 1.82) is 0 Å². The average molecular weight is 212 g/mol. The fraction of sp³-hybridized carbons (Fsp3) is 0.700. The van der Waals surface area contributed by atoms with E-state index in [0.29, 0.717) is 12.8 Å². The molecule has 0 saturated heterocycles. The molecule has 14 heavy (non-hydrogen) atoms. The summed E-state index contributed by atoms with van der Waals surface area (Å²) in [5.41, 5.74) is 6.24. The first-order valence-electron chi connectivity index (χ1n) is 4.96. The summed E-state index contributed by atoms with van der Waals surface area (Å²) in [6, 6.07) is 0.168. The minimum atomic E-state index is -0.594. The molecule has 0 bridgehead atoms. The van der Waals surface area contributed by atoms with Crippen LogP contribution in [0.15, 0.2) is 5.38 Å². The van der Waals surface area contributed by atoms with Gasteiger partial charge in [0, 0.05) is 23.5 Å². The lowest BCUT2D eigenvalue weighted by atomic mass is 9.98. The quantitative estimate of drug-likeness (QED) is 0.775. The molecule has 0 aliphatic heterocycles. The predicted molar refractivity (Wildman–Crippen MR) is 57.3 cm³/mol. The maximum atomic E-state index is 10.2. The van der Waals surface area contributed by atoms with Gasteiger partial charge >= 0.3 is 0 Å². The number of aliphatic hydroxyl groups is 1. The summed E-state index contributed by atoms with van der Waals surface area (Å²) in [6.07, 6.45) is 3.12. The topological polar surface area (TPSA) is 59.1 Å². The second kappa shape index (κ2) is 3.61. The zero-order chi connectivity index (χ0) is 10.2. The molecular weight excluding hydrogens is 196 g/mol. The Hall–Kier alpha value is -0.450. The number of nitrogens with two attached hydrogens (primary N) is 1. The molecule has 2 rings (SSSR count). The minimum absolute atomic E-state index is 0.168. The molecule has 2 unspecified atom stereocenters. The highest BCUT2D eigenvalue weighted by molar-refractivity contribution is 7.09. The maximum absolute atomic E-state index is 10.2. The smallest absolute Gasteiger partial charge is 0.0956 e. The molecule has 1 fully saturated rings. The Labute approximate surface area is 88.0 Å². The van der Waals surface area contributed by atoms with Gasteiger partial charge in [-0.1, -0.05) is 0 Å². The van der Waals surface area contributed by atoms with Crippen molar-refractivity contribution in [3.05, 3.63) is 16.1 Å². The number of rotatable bonds is 2. The molecule has 4 heteroatoms. The highest BCUT2D eigenvalue weighted by atomic mass is 32.1. The van der Waals surface area contributed by atoms with Crippen LogP contribution in [0.3, 0.4) is 0 Å². The third-order valence-corrected chi connectivity index (χ3v) is 3.74. The van der Waals surface area contributed by atoms with Gasteiger partial charge in [0.2, 0.25) is 0 Å². The van der Waals surface area contributed by atoms with E-state index in [1.165, 1.54) is 0 Å². The highest BCUT2D eigenvalue weighted by Gasteiger charge is 2.36. The van der Waals surface area contributed by atoms with Crippen molar-refractivity contribution >= 4 is 11.3 Å². The van der Waals surface area contributed by atoms with Gasteiger partial charge in [-0.2, -0.15) is 0 Å². The second-order valence-corrected chi connectivity index (χ2v) is 5.23. The normalized spacial score (nSPS) is 32.4. The summed E-state index contributed by atoms with van der Waals surface area (Å²) < 4.78 is 0. The molecule has 3 N–H and O–H groups in total. The molecule has 1 aliphatic carbocycles. The van der Waals surface area contributed by atoms with Crippen molar-refractivity contribution in [3.63, 3.8) is 0 Å². The van der Waals surface area contributed by atoms with Crippen LogP contribution in [0.25, 0.3) is 0 Å². The molecule has 1 heterocycles. The van der Waals surface area contributed by atoms with E-state index < -0.39 is 5.60 Å². The Bertz CT molecular complexity index is 326. The van der Waals surface area contributed by atoms with Crippen LogP contribution in [-0.4, -0.2) is 21.7 Å². The van der Waals surface area contributed by atoms with Crippen molar-refractivity contribution in [1.82, 2.24) is 4.98 Å². The van der Waals surface area contributed by atoms with Crippen LogP contribution < -0.4 is 5.73 Å². The van der Waals surface area contributed by atoms with Gasteiger partial charge in [0.05, 0.1) is 10.6 Å². The summed E-state index contributed by atoms with van der Waals surface area (Å²) >= 11 is 1.62. The molecule has 2 atom stereocenters. The molecule has 0 aromatic carbocycles. The van der Waals surface area contributed by atoms with Crippen LogP contribution in [0.5, 0.6) is 0 Å². The number of aryl methyl sites for hydroxylation is 1. The Morgan fingerprint density at radius 3 is 3.07 bits per heavy atom. The molecule has 0 amide bonds. The third kappa shape index (κ3) is 2.13. The van der Waals surface area contributed by atoms with Gasteiger partial charge in [-0.05, 0) is 26.2 Å². The van der Waals surface area contributed by atoms with E-state index in [1.807, 2.05) is 12.3 Å². The van der Waals surface area contributed by atoms with Crippen molar-refractivity contribution < 1.29 is 5.11 Å². The third-order valence-electron chi connectivity index (χ3n) is 2.77. The summed E-state index contributed by atoms with van der Waals surface area (Å²) in [6.45, 7) is 1.98. The first-order valence-corrected chi connectivity index (χ1v) is 5.84. The predicted octanol–water partition coefficient (Wildman–Crippen LogP) is 1.24. The van der Waals surface area contributed by atoms with Crippen LogP contribution in [0.2, 0.25) is 0 Å². The molecule has 0 spiro atoms. The van der Waals surface area contributed by atoms with Crippen molar-refractivity contribution in [3.8, 4) is 0 Å². The van der Waals surface area contributed by atoms with Crippen molar-refractivity contribution in [2.24, 2.45) is 5.73 Å². The molecule has 1 aromatic rings. The van der Waals surface area contributed by atoms with Crippen molar-refractivity contribution in [2.45, 2.75) is 44.2 Å². The fourth-order valence-corrected chi connectivity index (χ4v) is 2.98. The van der Waals surface area contributed by atoms with Gasteiger partial charge in [-0.15, -0.1) is 11.3 Å². The number of aromatic nitrogens is 1. The van der Waals surface area contributed by atoms with Crippen LogP contribution in [-0.2, 0) is 6.42 Å². The number of hydrogen-bond donors (Lipinski definition) is 2. The maximum Gasteiger partial charge on any atom is 0.0956 e. The van der Waals surface area contributed by atoms with Gasteiger partial charge in [0.25, 0.3) is 0 Å². The number of thiazole rings is 1. The van der Waals surface area contributed by atoms with E-state index in [2.05, 4.69) is 4.98 Å². The summed E-state index contributed by atoms with van der Waals surface area (Å²) in [5, 5.41) is 13.3. The van der Waals surface area contributed by atoms with Crippen LogP contribution in [0.4, 0.5) is 0 Å². The Morgan fingerprint density at radius 2 is 2.57 bits per heavy atom. The van der Waals surface area contributed by atoms with E-state index >= 15 is 0 Å². The molecule has 3 nitrogen and oxygen atoms in total. The van der Waals surface area contributed by atoms with Gasteiger partial charge in [0.15, 0.2) is 0 Å². The van der Waals surface area contributed by atoms with E-state index in [4.69, 9.17) is 5.73 Å². The van der Waals surface area contributed by atoms with E-state index in [1.54, 1.807) is 11.3 Å². The van der Waals surface area contributed by atoms with E-state index in [0.717, 1.165) is 23.5 Å². The van der Waals surface area contributed by atoms with Crippen LogP contribution in [0, 0.1) is 6.92 Å². The summed E-state index contributed by atoms with van der Waals surface area (Å²) in [5.74, 6) is 0. The molecule has 1 saturated carbocycles. The van der Waals surface area contributed by atoms with Crippen LogP contribution in [0.1, 0.15) is 30.0 Å². The lowest BCUT2D eigenvalue weighted by Gasteiger charge is -2.20. The Morgan fingerprint density at radius 1 is 1.79 bits per heavy atom. The molecule has 1 aromatic heterocycles. The number of hydrogen-bond acceptors (Lipinski definition) is 4. The van der Waals surface area contributed by atoms with Gasteiger partial charge in [-0.25, -0.2) is 4.98 Å². The lowest BCUT2D eigenvalue weighted by Crippen LogP contribution is -2.30. The van der Waals surface area contributed by atoms with Crippen LogP contribution >= 0.6 is 11.3 Å². The first kappa shape index (κ1) is 10.1. The Kier molecular flexibility index (Phi) is 2.60. The lowest BCUT2D eigenvalue weighted by molar-refractivity contribution is 0.0468. The SMILES string of the molecule is Cc1csc(CC2(O)CCC(N)C2)n1. The number of nitrogens with zero attached hydrogens (tertiary/aromatic N) is 1. The largest absolute Gasteiger partial charge is 0.389 e. The average Bonchev–Trinajstić information content (AvgIpc) is 2.60. The summed E-state index contributed by atoms with van der Waals surface area (Å²) in [4.78, 5) is 4.36. The zero-order valence-corrected chi connectivity index (χ0v) is 9.18. The van der Waals surface area contributed by atoms with Gasteiger partial charge in [0.1, 0.15) is 0 Å². The minimum Gasteiger partial charge on any atom is -0.389 e. The molecule has 1 aliphatic rings. The molecule has 0 radical (unpaired) electrons. The molecule has 78 valence electrons. The van der Waals surface area contributed by atoms with E-state index in [9.17, 15) is 5.11 Å². The van der Waals surface area contributed by atoms with Gasteiger partial charge < -0.3 is 10.8 Å². The fourth-order valence-electron chi connectivity index (χ4n) is 2.07. The highest BCUT2D eigenvalue weighted by Crippen LogP contribution is 2.32. The first-order chi connectivity index (χ1) is 6.57.